The molecule has 66 valence electrons. The molecule has 0 aromatic rings. The first-order valence-corrected chi connectivity index (χ1v) is 4.41. The lowest BCUT2D eigenvalue weighted by atomic mass is 10.2. The molecule has 2 fully saturated rings. The Balaban J connectivity index is 2.20. The van der Waals surface area contributed by atoms with E-state index in [4.69, 9.17) is 4.74 Å². The van der Waals surface area contributed by atoms with Crippen molar-refractivity contribution in [2.75, 3.05) is 6.61 Å². The molecule has 0 bridgehead atoms. The molecular weight excluding hydrogens is 154 g/mol. The standard InChI is InChI=1S/C9H13NO2/c1-3-6(2)8-7-4-5-12-9(11)10(7)8/h7H,3-5H2,1-2H3/b8-6-/t7-,10?/m0/s1. The van der Waals surface area contributed by atoms with E-state index in [0.29, 0.717) is 12.6 Å². The van der Waals surface area contributed by atoms with Crippen LogP contribution < -0.4 is 0 Å². The van der Waals surface area contributed by atoms with E-state index in [9.17, 15) is 4.79 Å². The summed E-state index contributed by atoms with van der Waals surface area (Å²) < 4.78 is 4.91. The highest BCUT2D eigenvalue weighted by molar-refractivity contribution is 5.77. The molecule has 0 saturated carbocycles. The monoisotopic (exact) mass is 167 g/mol. The van der Waals surface area contributed by atoms with Gasteiger partial charge in [-0.25, -0.2) is 4.79 Å². The number of allylic oxidation sites excluding steroid dienone is 1. The fraction of sp³-hybridized carbons (Fsp3) is 0.667. The van der Waals surface area contributed by atoms with Crippen LogP contribution in [-0.2, 0) is 4.74 Å². The van der Waals surface area contributed by atoms with Crippen LogP contribution in [0.1, 0.15) is 26.7 Å². The Bertz CT molecular complexity index is 257. The number of carbonyl (C=O) groups excluding carboxylic acids is 1. The Morgan fingerprint density at radius 1 is 1.75 bits per heavy atom. The second-order valence-electron chi connectivity index (χ2n) is 3.31. The van der Waals surface area contributed by atoms with Crippen molar-refractivity contribution in [3.63, 3.8) is 0 Å². The van der Waals surface area contributed by atoms with Crippen LogP contribution in [0.5, 0.6) is 0 Å². The first-order valence-electron chi connectivity index (χ1n) is 4.41. The molecule has 3 heteroatoms. The minimum Gasteiger partial charge on any atom is -0.449 e. The minimum atomic E-state index is -0.158. The van der Waals surface area contributed by atoms with Gasteiger partial charge in [-0.15, -0.1) is 0 Å². The molecule has 2 saturated heterocycles. The summed E-state index contributed by atoms with van der Waals surface area (Å²) in [5.41, 5.74) is 2.53. The number of ether oxygens (including phenoxy) is 1. The van der Waals surface area contributed by atoms with Crippen molar-refractivity contribution >= 4 is 6.09 Å². The molecule has 0 N–H and O–H groups in total. The highest BCUT2D eigenvalue weighted by Crippen LogP contribution is 2.41. The molecule has 12 heavy (non-hydrogen) atoms. The summed E-state index contributed by atoms with van der Waals surface area (Å²) in [6, 6.07) is 0.381. The van der Waals surface area contributed by atoms with E-state index in [0.717, 1.165) is 12.8 Å². The Morgan fingerprint density at radius 3 is 3.08 bits per heavy atom. The maximum Gasteiger partial charge on any atom is 0.414 e. The minimum absolute atomic E-state index is 0.158. The van der Waals surface area contributed by atoms with Crippen molar-refractivity contribution in [3.05, 3.63) is 11.3 Å². The Kier molecular flexibility index (Phi) is 1.60. The van der Waals surface area contributed by atoms with Gasteiger partial charge in [0.15, 0.2) is 0 Å². The lowest BCUT2D eigenvalue weighted by molar-refractivity contribution is 0.111. The second-order valence-corrected chi connectivity index (χ2v) is 3.31. The lowest BCUT2D eigenvalue weighted by Gasteiger charge is -2.09. The molecule has 1 amide bonds. The zero-order chi connectivity index (χ0) is 8.72. The average Bonchev–Trinajstić information content (AvgIpc) is 2.79. The quantitative estimate of drug-likeness (QED) is 0.558. The zero-order valence-electron chi connectivity index (χ0n) is 7.46. The highest BCUT2D eigenvalue weighted by atomic mass is 16.6. The molecule has 2 rings (SSSR count). The normalized spacial score (nSPS) is 31.0. The van der Waals surface area contributed by atoms with Crippen LogP contribution in [0, 0.1) is 0 Å². The van der Waals surface area contributed by atoms with Gasteiger partial charge in [0, 0.05) is 12.1 Å². The third-order valence-corrected chi connectivity index (χ3v) is 2.60. The van der Waals surface area contributed by atoms with Crippen molar-refractivity contribution in [1.82, 2.24) is 4.90 Å². The predicted octanol–water partition coefficient (Wildman–Crippen LogP) is 1.89. The van der Waals surface area contributed by atoms with Crippen molar-refractivity contribution in [3.8, 4) is 0 Å². The van der Waals surface area contributed by atoms with Gasteiger partial charge in [0.25, 0.3) is 0 Å². The van der Waals surface area contributed by atoms with E-state index in [1.54, 1.807) is 4.90 Å². The van der Waals surface area contributed by atoms with Crippen LogP contribution in [0.25, 0.3) is 0 Å². The summed E-state index contributed by atoms with van der Waals surface area (Å²) >= 11 is 0. The molecule has 1 atom stereocenters. The molecular formula is C9H13NO2. The van der Waals surface area contributed by atoms with E-state index in [-0.39, 0.29) is 6.09 Å². The first kappa shape index (κ1) is 7.65. The van der Waals surface area contributed by atoms with E-state index in [1.807, 2.05) is 0 Å². The highest BCUT2D eigenvalue weighted by Gasteiger charge is 2.49. The maximum atomic E-state index is 11.1. The largest absolute Gasteiger partial charge is 0.449 e. The van der Waals surface area contributed by atoms with Gasteiger partial charge >= 0.3 is 6.09 Å². The zero-order valence-corrected chi connectivity index (χ0v) is 7.46. The van der Waals surface area contributed by atoms with Gasteiger partial charge in [0.2, 0.25) is 0 Å². The number of cyclic esters (lactones) is 1. The van der Waals surface area contributed by atoms with Crippen molar-refractivity contribution in [2.45, 2.75) is 32.7 Å². The first-order chi connectivity index (χ1) is 5.75. The number of nitrogens with zero attached hydrogens (tertiary/aromatic N) is 1. The number of rotatable bonds is 1. The van der Waals surface area contributed by atoms with Crippen molar-refractivity contribution in [2.24, 2.45) is 0 Å². The van der Waals surface area contributed by atoms with Gasteiger partial charge < -0.3 is 4.74 Å². The molecule has 2 aliphatic rings. The topological polar surface area (TPSA) is 29.3 Å². The van der Waals surface area contributed by atoms with Crippen LogP contribution >= 0.6 is 0 Å². The summed E-state index contributed by atoms with van der Waals surface area (Å²) in [6.07, 6.45) is 1.84. The van der Waals surface area contributed by atoms with Gasteiger partial charge in [0.1, 0.15) is 0 Å². The molecule has 0 aromatic carbocycles. The predicted molar refractivity (Wildman–Crippen MR) is 44.6 cm³/mol. The van der Waals surface area contributed by atoms with Crippen LogP contribution in [0.2, 0.25) is 0 Å². The third kappa shape index (κ3) is 0.924. The summed E-state index contributed by atoms with van der Waals surface area (Å²) in [6.45, 7) is 4.78. The van der Waals surface area contributed by atoms with E-state index in [1.165, 1.54) is 11.3 Å². The van der Waals surface area contributed by atoms with Crippen molar-refractivity contribution in [1.29, 1.82) is 0 Å². The van der Waals surface area contributed by atoms with Crippen molar-refractivity contribution < 1.29 is 9.53 Å². The molecule has 0 spiro atoms. The summed E-state index contributed by atoms with van der Waals surface area (Å²) in [5.74, 6) is 0. The average molecular weight is 167 g/mol. The third-order valence-electron chi connectivity index (χ3n) is 2.60. The van der Waals surface area contributed by atoms with Gasteiger partial charge in [-0.3, -0.25) is 4.90 Å². The Morgan fingerprint density at radius 2 is 2.50 bits per heavy atom. The van der Waals surface area contributed by atoms with Gasteiger partial charge in [-0.2, -0.15) is 0 Å². The molecule has 3 nitrogen and oxygen atoms in total. The smallest absolute Gasteiger partial charge is 0.414 e. The molecule has 2 aliphatic heterocycles. The van der Waals surface area contributed by atoms with Crippen LogP contribution in [0.3, 0.4) is 0 Å². The fourth-order valence-corrected chi connectivity index (χ4v) is 1.73. The van der Waals surface area contributed by atoms with E-state index in [2.05, 4.69) is 13.8 Å². The van der Waals surface area contributed by atoms with Crippen LogP contribution in [0.4, 0.5) is 4.79 Å². The number of amides is 1. The molecule has 2 heterocycles. The number of carbonyl (C=O) groups is 1. The number of hydrogen-bond acceptors (Lipinski definition) is 2. The summed E-state index contributed by atoms with van der Waals surface area (Å²) in [7, 11) is 0. The fourth-order valence-electron chi connectivity index (χ4n) is 1.73. The molecule has 0 unspecified atom stereocenters. The molecule has 0 radical (unpaired) electrons. The van der Waals surface area contributed by atoms with Gasteiger partial charge in [-0.1, -0.05) is 12.5 Å². The Labute approximate surface area is 72.0 Å². The summed E-state index contributed by atoms with van der Waals surface area (Å²) in [4.78, 5) is 12.9. The van der Waals surface area contributed by atoms with Gasteiger partial charge in [-0.05, 0) is 13.3 Å². The number of hydrogen-bond donors (Lipinski definition) is 0. The SMILES string of the molecule is CC/C(C)=C1/[C@@H]2CCOC(=O)N12. The molecule has 0 aliphatic carbocycles. The van der Waals surface area contributed by atoms with Crippen LogP contribution in [-0.4, -0.2) is 23.6 Å². The van der Waals surface area contributed by atoms with E-state index >= 15 is 0 Å². The number of fused-ring (bicyclic) bond motifs is 1. The van der Waals surface area contributed by atoms with Crippen LogP contribution in [0.15, 0.2) is 11.3 Å². The summed E-state index contributed by atoms with van der Waals surface area (Å²) in [5, 5.41) is 0. The second kappa shape index (κ2) is 2.51. The Hall–Kier alpha value is -0.990. The van der Waals surface area contributed by atoms with Gasteiger partial charge in [0.05, 0.1) is 12.6 Å². The lowest BCUT2D eigenvalue weighted by Crippen LogP contribution is -2.22. The van der Waals surface area contributed by atoms with E-state index < -0.39 is 0 Å². The molecule has 0 aromatic heterocycles. The maximum absolute atomic E-state index is 11.1.